The van der Waals surface area contributed by atoms with Crippen LogP contribution in [0, 0.1) is 6.92 Å². The second kappa shape index (κ2) is 7.20. The van der Waals surface area contributed by atoms with E-state index in [1.807, 2.05) is 17.0 Å². The molecule has 0 N–H and O–H groups in total. The van der Waals surface area contributed by atoms with Gasteiger partial charge in [0.05, 0.1) is 5.75 Å². The summed E-state index contributed by atoms with van der Waals surface area (Å²) in [4.78, 5) is 15.3. The summed E-state index contributed by atoms with van der Waals surface area (Å²) in [5.41, 5.74) is 2.35. The SMILES string of the molecule is Cc1c(CCl)cccc1SCC(=O)N1CCCCC1. The predicted octanol–water partition coefficient (Wildman–Crippen LogP) is 3.84. The summed E-state index contributed by atoms with van der Waals surface area (Å²) in [6.45, 7) is 3.94. The summed E-state index contributed by atoms with van der Waals surface area (Å²) in [5.74, 6) is 1.33. The lowest BCUT2D eigenvalue weighted by atomic mass is 10.1. The molecule has 1 heterocycles. The van der Waals surface area contributed by atoms with Crippen molar-refractivity contribution in [3.63, 3.8) is 0 Å². The number of carbonyl (C=O) groups excluding carboxylic acids is 1. The van der Waals surface area contributed by atoms with E-state index in [2.05, 4.69) is 13.0 Å². The number of rotatable bonds is 4. The molecule has 1 aromatic carbocycles. The third-order valence-corrected chi connectivity index (χ3v) is 5.03. The number of hydrogen-bond donors (Lipinski definition) is 0. The highest BCUT2D eigenvalue weighted by Gasteiger charge is 2.16. The van der Waals surface area contributed by atoms with Gasteiger partial charge in [0.15, 0.2) is 0 Å². The van der Waals surface area contributed by atoms with Gasteiger partial charge in [-0.2, -0.15) is 0 Å². The lowest BCUT2D eigenvalue weighted by Crippen LogP contribution is -2.36. The molecule has 0 aromatic heterocycles. The maximum absolute atomic E-state index is 12.1. The lowest BCUT2D eigenvalue weighted by molar-refractivity contribution is -0.129. The van der Waals surface area contributed by atoms with Crippen LogP contribution in [0.2, 0.25) is 0 Å². The number of alkyl halides is 1. The van der Waals surface area contributed by atoms with Crippen molar-refractivity contribution in [2.24, 2.45) is 0 Å². The molecule has 0 bridgehead atoms. The zero-order valence-electron chi connectivity index (χ0n) is 11.3. The first-order valence-electron chi connectivity index (χ1n) is 6.77. The molecule has 1 aliphatic rings. The fourth-order valence-corrected chi connectivity index (χ4v) is 3.61. The van der Waals surface area contributed by atoms with E-state index < -0.39 is 0 Å². The van der Waals surface area contributed by atoms with E-state index in [1.165, 1.54) is 16.9 Å². The molecule has 104 valence electrons. The van der Waals surface area contributed by atoms with Gasteiger partial charge in [-0.25, -0.2) is 0 Å². The van der Waals surface area contributed by atoms with Gasteiger partial charge in [-0.15, -0.1) is 23.4 Å². The minimum absolute atomic E-state index is 0.264. The van der Waals surface area contributed by atoms with Crippen LogP contribution < -0.4 is 0 Å². The molecule has 1 fully saturated rings. The molecular weight excluding hydrogens is 278 g/mol. The zero-order chi connectivity index (χ0) is 13.7. The van der Waals surface area contributed by atoms with Crippen LogP contribution in [0.1, 0.15) is 30.4 Å². The molecule has 2 nitrogen and oxygen atoms in total. The number of nitrogens with zero attached hydrogens (tertiary/aromatic N) is 1. The summed E-state index contributed by atoms with van der Waals surface area (Å²) in [6, 6.07) is 6.12. The van der Waals surface area contributed by atoms with Crippen molar-refractivity contribution in [3.8, 4) is 0 Å². The fraction of sp³-hybridized carbons (Fsp3) is 0.533. The zero-order valence-corrected chi connectivity index (χ0v) is 12.9. The van der Waals surface area contributed by atoms with Crippen molar-refractivity contribution >= 4 is 29.3 Å². The summed E-state index contributed by atoms with van der Waals surface area (Å²) >= 11 is 7.53. The first kappa shape index (κ1) is 14.7. The molecule has 0 atom stereocenters. The summed E-state index contributed by atoms with van der Waals surface area (Å²) in [5, 5.41) is 0. The molecule has 1 aliphatic heterocycles. The molecule has 0 spiro atoms. The molecule has 0 radical (unpaired) electrons. The fourth-order valence-electron chi connectivity index (χ4n) is 2.34. The van der Waals surface area contributed by atoms with E-state index in [-0.39, 0.29) is 5.91 Å². The van der Waals surface area contributed by atoms with Gasteiger partial charge in [-0.05, 0) is 43.4 Å². The maximum atomic E-state index is 12.1. The van der Waals surface area contributed by atoms with E-state index in [4.69, 9.17) is 11.6 Å². The van der Waals surface area contributed by atoms with Crippen molar-refractivity contribution in [1.29, 1.82) is 0 Å². The van der Waals surface area contributed by atoms with Gasteiger partial charge in [0.1, 0.15) is 0 Å². The molecule has 1 saturated heterocycles. The van der Waals surface area contributed by atoms with E-state index in [0.717, 1.165) is 31.5 Å². The maximum Gasteiger partial charge on any atom is 0.232 e. The average Bonchev–Trinajstić information content (AvgIpc) is 2.47. The van der Waals surface area contributed by atoms with E-state index in [1.54, 1.807) is 11.8 Å². The van der Waals surface area contributed by atoms with Crippen LogP contribution in [0.5, 0.6) is 0 Å². The second-order valence-corrected chi connectivity index (χ2v) is 6.19. The van der Waals surface area contributed by atoms with Crippen LogP contribution >= 0.6 is 23.4 Å². The highest BCUT2D eigenvalue weighted by atomic mass is 35.5. The Morgan fingerprint density at radius 3 is 2.74 bits per heavy atom. The normalized spacial score (nSPS) is 15.6. The first-order valence-corrected chi connectivity index (χ1v) is 8.29. The Balaban J connectivity index is 1.93. The van der Waals surface area contributed by atoms with Gasteiger partial charge in [0.25, 0.3) is 0 Å². The summed E-state index contributed by atoms with van der Waals surface area (Å²) in [6.07, 6.45) is 3.56. The number of halogens is 1. The standard InChI is InChI=1S/C15H20ClNOS/c1-12-13(10-16)6-5-7-14(12)19-11-15(18)17-8-3-2-4-9-17/h5-7H,2-4,8-11H2,1H3. The largest absolute Gasteiger partial charge is 0.342 e. The van der Waals surface area contributed by atoms with Crippen molar-refractivity contribution in [3.05, 3.63) is 29.3 Å². The van der Waals surface area contributed by atoms with Gasteiger partial charge >= 0.3 is 0 Å². The summed E-state index contributed by atoms with van der Waals surface area (Å²) in [7, 11) is 0. The molecule has 0 unspecified atom stereocenters. The van der Waals surface area contributed by atoms with Gasteiger partial charge in [0, 0.05) is 23.9 Å². The van der Waals surface area contributed by atoms with Crippen LogP contribution in [-0.4, -0.2) is 29.6 Å². The van der Waals surface area contributed by atoms with Crippen molar-refractivity contribution < 1.29 is 4.79 Å². The Labute approximate surface area is 124 Å². The number of amides is 1. The van der Waals surface area contributed by atoms with Gasteiger partial charge in [0.2, 0.25) is 5.91 Å². The van der Waals surface area contributed by atoms with E-state index in [0.29, 0.717) is 11.6 Å². The van der Waals surface area contributed by atoms with Crippen LogP contribution in [0.4, 0.5) is 0 Å². The van der Waals surface area contributed by atoms with Crippen molar-refractivity contribution in [2.75, 3.05) is 18.8 Å². The molecule has 4 heteroatoms. The highest BCUT2D eigenvalue weighted by Crippen LogP contribution is 2.26. The highest BCUT2D eigenvalue weighted by molar-refractivity contribution is 8.00. The Morgan fingerprint density at radius 2 is 2.05 bits per heavy atom. The Morgan fingerprint density at radius 1 is 1.32 bits per heavy atom. The van der Waals surface area contributed by atoms with E-state index in [9.17, 15) is 4.79 Å². The summed E-state index contributed by atoms with van der Waals surface area (Å²) < 4.78 is 0. The Kier molecular flexibility index (Phi) is 5.59. The number of carbonyl (C=O) groups is 1. The number of thioether (sulfide) groups is 1. The molecule has 0 aliphatic carbocycles. The minimum atomic E-state index is 0.264. The van der Waals surface area contributed by atoms with E-state index >= 15 is 0 Å². The van der Waals surface area contributed by atoms with Gasteiger partial charge < -0.3 is 4.90 Å². The Bertz CT molecular complexity index is 444. The van der Waals surface area contributed by atoms with Crippen LogP contribution in [-0.2, 0) is 10.7 Å². The Hall–Kier alpha value is -0.670. The lowest BCUT2D eigenvalue weighted by Gasteiger charge is -2.26. The van der Waals surface area contributed by atoms with Crippen LogP contribution in [0.15, 0.2) is 23.1 Å². The molecule has 1 amide bonds. The molecule has 0 saturated carbocycles. The van der Waals surface area contributed by atoms with Gasteiger partial charge in [-0.3, -0.25) is 4.79 Å². The topological polar surface area (TPSA) is 20.3 Å². The third kappa shape index (κ3) is 3.90. The number of likely N-dealkylation sites (tertiary alicyclic amines) is 1. The molecule has 2 rings (SSSR count). The van der Waals surface area contributed by atoms with Crippen LogP contribution in [0.25, 0.3) is 0 Å². The number of piperidine rings is 1. The smallest absolute Gasteiger partial charge is 0.232 e. The number of hydrogen-bond acceptors (Lipinski definition) is 2. The quantitative estimate of drug-likeness (QED) is 0.622. The van der Waals surface area contributed by atoms with Crippen molar-refractivity contribution in [1.82, 2.24) is 4.90 Å². The molecule has 19 heavy (non-hydrogen) atoms. The third-order valence-electron chi connectivity index (χ3n) is 3.60. The average molecular weight is 298 g/mol. The monoisotopic (exact) mass is 297 g/mol. The minimum Gasteiger partial charge on any atom is -0.342 e. The van der Waals surface area contributed by atoms with Crippen molar-refractivity contribution in [2.45, 2.75) is 37.0 Å². The first-order chi connectivity index (χ1) is 9.22. The molecular formula is C15H20ClNOS. The van der Waals surface area contributed by atoms with Gasteiger partial charge in [-0.1, -0.05) is 12.1 Å². The predicted molar refractivity (Wildman–Crippen MR) is 81.9 cm³/mol. The molecule has 1 aromatic rings. The van der Waals surface area contributed by atoms with Crippen LogP contribution in [0.3, 0.4) is 0 Å². The number of benzene rings is 1. The second-order valence-electron chi connectivity index (χ2n) is 4.90.